The number of fused-ring (bicyclic) bond motifs is 1. The quantitative estimate of drug-likeness (QED) is 0.613. The zero-order valence-electron chi connectivity index (χ0n) is 11.0. The molecule has 0 atom stereocenters. The first-order chi connectivity index (χ1) is 8.63. The summed E-state index contributed by atoms with van der Waals surface area (Å²) in [6.45, 7) is 6.76. The van der Waals surface area contributed by atoms with E-state index in [-0.39, 0.29) is 5.41 Å². The van der Waals surface area contributed by atoms with E-state index in [0.29, 0.717) is 6.79 Å². The summed E-state index contributed by atoms with van der Waals surface area (Å²) >= 11 is 4.21. The lowest BCUT2D eigenvalue weighted by Crippen LogP contribution is -2.33. The van der Waals surface area contributed by atoms with Crippen LogP contribution in [0.1, 0.15) is 25.8 Å². The molecule has 100 valence electrons. The zero-order valence-corrected chi connectivity index (χ0v) is 11.9. The first-order valence-electron chi connectivity index (χ1n) is 6.35. The van der Waals surface area contributed by atoms with Crippen molar-refractivity contribution in [2.24, 2.45) is 0 Å². The summed E-state index contributed by atoms with van der Waals surface area (Å²) < 4.78 is 10.8. The monoisotopic (exact) mass is 267 g/mol. The molecule has 0 saturated heterocycles. The lowest BCUT2D eigenvalue weighted by molar-refractivity contribution is 0.174. The van der Waals surface area contributed by atoms with Crippen LogP contribution in [0.2, 0.25) is 0 Å². The van der Waals surface area contributed by atoms with E-state index in [1.54, 1.807) is 0 Å². The van der Waals surface area contributed by atoms with Crippen LogP contribution in [0.4, 0.5) is 0 Å². The van der Waals surface area contributed by atoms with Crippen LogP contribution < -0.4 is 14.8 Å². The first kappa shape index (κ1) is 13.6. The largest absolute Gasteiger partial charge is 0.454 e. The fourth-order valence-corrected chi connectivity index (χ4v) is 2.18. The molecule has 2 rings (SSSR count). The molecular weight excluding hydrogens is 246 g/mol. The minimum atomic E-state index is 0.0809. The number of nitrogens with one attached hydrogen (secondary N) is 1. The molecule has 0 unspecified atom stereocenters. The van der Waals surface area contributed by atoms with E-state index >= 15 is 0 Å². The van der Waals surface area contributed by atoms with Crippen LogP contribution >= 0.6 is 12.6 Å². The number of hydrogen-bond donors (Lipinski definition) is 2. The maximum atomic E-state index is 5.42. The van der Waals surface area contributed by atoms with Gasteiger partial charge in [0, 0.05) is 12.0 Å². The number of benzene rings is 1. The predicted octanol–water partition coefficient (Wildman–Crippen LogP) is 2.60. The summed E-state index contributed by atoms with van der Waals surface area (Å²) in [5.74, 6) is 2.63. The molecule has 3 nitrogen and oxygen atoms in total. The molecule has 0 radical (unpaired) electrons. The van der Waals surface area contributed by atoms with Gasteiger partial charge in [0.1, 0.15) is 0 Å². The molecule has 0 bridgehead atoms. The van der Waals surface area contributed by atoms with Gasteiger partial charge in [0.15, 0.2) is 11.5 Å². The van der Waals surface area contributed by atoms with Crippen molar-refractivity contribution in [3.63, 3.8) is 0 Å². The summed E-state index contributed by atoms with van der Waals surface area (Å²) in [5.41, 5.74) is 1.35. The molecule has 1 N–H and O–H groups in total. The van der Waals surface area contributed by atoms with Crippen LogP contribution in [-0.2, 0) is 5.41 Å². The van der Waals surface area contributed by atoms with Gasteiger partial charge >= 0.3 is 0 Å². The molecule has 0 saturated carbocycles. The van der Waals surface area contributed by atoms with Gasteiger partial charge in [-0.2, -0.15) is 12.6 Å². The Labute approximate surface area is 114 Å². The van der Waals surface area contributed by atoms with Crippen LogP contribution in [0.15, 0.2) is 18.2 Å². The molecule has 0 fully saturated rings. The maximum absolute atomic E-state index is 5.42. The Morgan fingerprint density at radius 3 is 2.83 bits per heavy atom. The minimum Gasteiger partial charge on any atom is -0.454 e. The Morgan fingerprint density at radius 2 is 2.06 bits per heavy atom. The van der Waals surface area contributed by atoms with Crippen LogP contribution in [0, 0.1) is 0 Å². The zero-order chi connectivity index (χ0) is 13.0. The highest BCUT2D eigenvalue weighted by molar-refractivity contribution is 7.80. The van der Waals surface area contributed by atoms with Gasteiger partial charge in [0.05, 0.1) is 0 Å². The topological polar surface area (TPSA) is 30.5 Å². The Bertz CT molecular complexity index is 407. The summed E-state index contributed by atoms with van der Waals surface area (Å²) in [7, 11) is 0. The second kappa shape index (κ2) is 5.85. The molecule has 1 heterocycles. The SMILES string of the molecule is CC(C)(CNCCCS)c1ccc2c(c1)OCO2. The van der Waals surface area contributed by atoms with Crippen LogP contribution in [0.25, 0.3) is 0 Å². The Balaban J connectivity index is 2.00. The van der Waals surface area contributed by atoms with Crippen LogP contribution in [0.3, 0.4) is 0 Å². The number of hydrogen-bond acceptors (Lipinski definition) is 4. The lowest BCUT2D eigenvalue weighted by Gasteiger charge is -2.26. The maximum Gasteiger partial charge on any atom is 0.231 e. The molecule has 0 aromatic heterocycles. The van der Waals surface area contributed by atoms with Crippen LogP contribution in [-0.4, -0.2) is 25.6 Å². The molecule has 1 aliphatic rings. The van der Waals surface area contributed by atoms with E-state index < -0.39 is 0 Å². The summed E-state index contributed by atoms with van der Waals surface area (Å²) in [6.07, 6.45) is 1.10. The molecule has 4 heteroatoms. The van der Waals surface area contributed by atoms with Crippen molar-refractivity contribution in [1.29, 1.82) is 0 Å². The van der Waals surface area contributed by atoms with E-state index in [4.69, 9.17) is 9.47 Å². The van der Waals surface area contributed by atoms with Gasteiger partial charge in [0.2, 0.25) is 6.79 Å². The average molecular weight is 267 g/mol. The normalized spacial score (nSPS) is 13.9. The molecule has 18 heavy (non-hydrogen) atoms. The Hall–Kier alpha value is -0.870. The molecule has 1 aromatic carbocycles. The third-order valence-electron chi connectivity index (χ3n) is 3.23. The van der Waals surface area contributed by atoms with Crippen molar-refractivity contribution in [2.75, 3.05) is 25.6 Å². The van der Waals surface area contributed by atoms with Gasteiger partial charge in [-0.25, -0.2) is 0 Å². The molecule has 0 amide bonds. The summed E-state index contributed by atoms with van der Waals surface area (Å²) in [5, 5.41) is 3.47. The Morgan fingerprint density at radius 1 is 1.28 bits per heavy atom. The minimum absolute atomic E-state index is 0.0809. The van der Waals surface area contributed by atoms with E-state index in [1.807, 2.05) is 6.07 Å². The average Bonchev–Trinajstić information content (AvgIpc) is 2.82. The summed E-state index contributed by atoms with van der Waals surface area (Å²) in [4.78, 5) is 0. The van der Waals surface area contributed by atoms with Gasteiger partial charge in [0.25, 0.3) is 0 Å². The molecule has 1 aromatic rings. The summed E-state index contributed by atoms with van der Waals surface area (Å²) in [6, 6.07) is 6.20. The van der Waals surface area contributed by atoms with E-state index in [2.05, 4.69) is 43.9 Å². The second-order valence-electron chi connectivity index (χ2n) is 5.21. The van der Waals surface area contributed by atoms with Gasteiger partial charge in [-0.05, 0) is 36.4 Å². The molecule has 1 aliphatic heterocycles. The van der Waals surface area contributed by atoms with Crippen LogP contribution in [0.5, 0.6) is 11.5 Å². The van der Waals surface area contributed by atoms with Gasteiger partial charge in [-0.3, -0.25) is 0 Å². The Kier molecular flexibility index (Phi) is 4.40. The highest BCUT2D eigenvalue weighted by Gasteiger charge is 2.23. The molecule has 0 aliphatic carbocycles. The van der Waals surface area contributed by atoms with E-state index in [9.17, 15) is 0 Å². The number of rotatable bonds is 6. The third-order valence-corrected chi connectivity index (χ3v) is 3.55. The highest BCUT2D eigenvalue weighted by atomic mass is 32.1. The first-order valence-corrected chi connectivity index (χ1v) is 6.98. The van der Waals surface area contributed by atoms with E-state index in [1.165, 1.54) is 5.56 Å². The van der Waals surface area contributed by atoms with Crippen molar-refractivity contribution in [2.45, 2.75) is 25.7 Å². The van der Waals surface area contributed by atoms with Crippen molar-refractivity contribution in [3.8, 4) is 11.5 Å². The standard InChI is InChI=1S/C14H21NO2S/c1-14(2,9-15-6-3-7-18)11-4-5-12-13(8-11)17-10-16-12/h4-5,8,15,18H,3,6-7,9-10H2,1-2H3. The fourth-order valence-electron chi connectivity index (χ4n) is 2.02. The smallest absolute Gasteiger partial charge is 0.231 e. The van der Waals surface area contributed by atoms with Gasteiger partial charge < -0.3 is 14.8 Å². The van der Waals surface area contributed by atoms with Gasteiger partial charge in [-0.1, -0.05) is 19.9 Å². The van der Waals surface area contributed by atoms with Crippen molar-refractivity contribution < 1.29 is 9.47 Å². The lowest BCUT2D eigenvalue weighted by atomic mass is 9.84. The number of thiol groups is 1. The second-order valence-corrected chi connectivity index (χ2v) is 5.65. The van der Waals surface area contributed by atoms with Crippen molar-refractivity contribution >= 4 is 12.6 Å². The van der Waals surface area contributed by atoms with Gasteiger partial charge in [-0.15, -0.1) is 0 Å². The van der Waals surface area contributed by atoms with Crippen molar-refractivity contribution in [1.82, 2.24) is 5.32 Å². The van der Waals surface area contributed by atoms with E-state index in [0.717, 1.165) is 36.8 Å². The number of ether oxygens (including phenoxy) is 2. The molecular formula is C14H21NO2S. The fraction of sp³-hybridized carbons (Fsp3) is 0.571. The third kappa shape index (κ3) is 3.12. The highest BCUT2D eigenvalue weighted by Crippen LogP contribution is 2.36. The predicted molar refractivity (Wildman–Crippen MR) is 76.9 cm³/mol. The molecule has 0 spiro atoms. The van der Waals surface area contributed by atoms with Crippen molar-refractivity contribution in [3.05, 3.63) is 23.8 Å².